The maximum absolute atomic E-state index is 12.4. The zero-order chi connectivity index (χ0) is 16.9. The van der Waals surface area contributed by atoms with Crippen LogP contribution in [0.5, 0.6) is 0 Å². The number of amides is 1. The second-order valence-corrected chi connectivity index (χ2v) is 6.88. The summed E-state index contributed by atoms with van der Waals surface area (Å²) >= 11 is 0. The maximum atomic E-state index is 12.4. The largest absolute Gasteiger partial charge is 0.326 e. The fourth-order valence-electron chi connectivity index (χ4n) is 3.51. The molecule has 0 saturated heterocycles. The molecule has 0 bridgehead atoms. The Morgan fingerprint density at radius 1 is 1.29 bits per heavy atom. The number of likely N-dealkylation sites (N-methyl/N-ethyl adjacent to an activating group) is 1. The predicted molar refractivity (Wildman–Crippen MR) is 95.0 cm³/mol. The molecule has 128 valence electrons. The van der Waals surface area contributed by atoms with Crippen LogP contribution in [0.4, 0.5) is 5.82 Å². The van der Waals surface area contributed by atoms with Crippen LogP contribution in [0, 0.1) is 6.92 Å². The van der Waals surface area contributed by atoms with E-state index in [0.29, 0.717) is 12.6 Å². The molecule has 1 amide bonds. The number of hydrogen-bond acceptors (Lipinski definition) is 2. The normalized spacial score (nSPS) is 16.2. The van der Waals surface area contributed by atoms with Gasteiger partial charge in [0.05, 0.1) is 19.3 Å². The fourth-order valence-corrected chi connectivity index (χ4v) is 3.51. The first-order valence-corrected chi connectivity index (χ1v) is 8.82. The monoisotopic (exact) mass is 327 g/mol. The standard InChI is InChI=1S/C19H26N4O/c1-15-7-3-4-8-16(15)13-22(2)14-19(24)21-18-11-12-20-23(18)17-9-5-6-10-17/h3-4,7-8,11-12,17H,5-6,9-10,13-14H2,1-2H3,(H,21,24)/p+1. The van der Waals surface area contributed by atoms with E-state index in [4.69, 9.17) is 0 Å². The van der Waals surface area contributed by atoms with Crippen LogP contribution in [-0.2, 0) is 11.3 Å². The molecule has 1 heterocycles. The third-order valence-electron chi connectivity index (χ3n) is 4.82. The van der Waals surface area contributed by atoms with Crippen molar-refractivity contribution in [1.29, 1.82) is 0 Å². The Morgan fingerprint density at radius 2 is 2.04 bits per heavy atom. The first-order valence-electron chi connectivity index (χ1n) is 8.82. The van der Waals surface area contributed by atoms with Crippen molar-refractivity contribution in [3.63, 3.8) is 0 Å². The Morgan fingerprint density at radius 3 is 2.79 bits per heavy atom. The van der Waals surface area contributed by atoms with Crippen LogP contribution in [0.1, 0.15) is 42.9 Å². The molecule has 1 aromatic heterocycles. The average molecular weight is 327 g/mol. The summed E-state index contributed by atoms with van der Waals surface area (Å²) in [5.41, 5.74) is 2.57. The molecular weight excluding hydrogens is 300 g/mol. The Bertz CT molecular complexity index is 688. The summed E-state index contributed by atoms with van der Waals surface area (Å²) in [5, 5.41) is 7.44. The minimum absolute atomic E-state index is 0.0424. The fraction of sp³-hybridized carbons (Fsp3) is 0.474. The molecule has 1 aliphatic rings. The summed E-state index contributed by atoms with van der Waals surface area (Å²) in [6.45, 7) is 3.41. The number of anilines is 1. The van der Waals surface area contributed by atoms with Gasteiger partial charge < -0.3 is 10.2 Å². The quantitative estimate of drug-likeness (QED) is 0.852. The van der Waals surface area contributed by atoms with Crippen molar-refractivity contribution in [1.82, 2.24) is 9.78 Å². The number of nitrogens with zero attached hydrogens (tertiary/aromatic N) is 2. The van der Waals surface area contributed by atoms with Gasteiger partial charge in [0.1, 0.15) is 12.4 Å². The summed E-state index contributed by atoms with van der Waals surface area (Å²) < 4.78 is 1.99. The number of carbonyl (C=O) groups is 1. The van der Waals surface area contributed by atoms with Crippen molar-refractivity contribution >= 4 is 11.7 Å². The number of aryl methyl sites for hydroxylation is 1. The number of nitrogens with one attached hydrogen (secondary N) is 2. The van der Waals surface area contributed by atoms with Crippen molar-refractivity contribution in [2.45, 2.75) is 45.2 Å². The van der Waals surface area contributed by atoms with Crippen molar-refractivity contribution in [2.24, 2.45) is 0 Å². The third-order valence-corrected chi connectivity index (χ3v) is 4.82. The molecule has 1 aromatic carbocycles. The second kappa shape index (κ2) is 7.62. The van der Waals surface area contributed by atoms with Crippen LogP contribution in [0.25, 0.3) is 0 Å². The molecule has 5 heteroatoms. The highest BCUT2D eigenvalue weighted by Gasteiger charge is 2.21. The molecule has 2 N–H and O–H groups in total. The van der Waals surface area contributed by atoms with E-state index < -0.39 is 0 Å². The molecular formula is C19H27N4O+. The molecule has 1 fully saturated rings. The second-order valence-electron chi connectivity index (χ2n) is 6.88. The van der Waals surface area contributed by atoms with Gasteiger partial charge in [-0.05, 0) is 25.3 Å². The van der Waals surface area contributed by atoms with Gasteiger partial charge in [-0.3, -0.25) is 4.79 Å². The topological polar surface area (TPSA) is 51.4 Å². The van der Waals surface area contributed by atoms with E-state index in [9.17, 15) is 4.79 Å². The summed E-state index contributed by atoms with van der Waals surface area (Å²) in [4.78, 5) is 13.6. The molecule has 3 rings (SSSR count). The zero-order valence-corrected chi connectivity index (χ0v) is 14.6. The number of benzene rings is 1. The van der Waals surface area contributed by atoms with E-state index in [2.05, 4.69) is 42.6 Å². The van der Waals surface area contributed by atoms with Gasteiger partial charge in [-0.25, -0.2) is 4.68 Å². The van der Waals surface area contributed by atoms with E-state index in [-0.39, 0.29) is 5.91 Å². The maximum Gasteiger partial charge on any atom is 0.280 e. The average Bonchev–Trinajstić information content (AvgIpc) is 3.20. The minimum atomic E-state index is 0.0424. The lowest BCUT2D eigenvalue weighted by molar-refractivity contribution is -0.885. The number of rotatable bonds is 6. The highest BCUT2D eigenvalue weighted by atomic mass is 16.2. The van der Waals surface area contributed by atoms with E-state index in [1.807, 2.05) is 16.8 Å². The van der Waals surface area contributed by atoms with Crippen molar-refractivity contribution in [3.8, 4) is 0 Å². The van der Waals surface area contributed by atoms with Crippen LogP contribution in [0.15, 0.2) is 36.5 Å². The number of aromatic nitrogens is 2. The van der Waals surface area contributed by atoms with Crippen LogP contribution >= 0.6 is 0 Å². The summed E-state index contributed by atoms with van der Waals surface area (Å²) in [7, 11) is 2.06. The molecule has 0 spiro atoms. The highest BCUT2D eigenvalue weighted by Crippen LogP contribution is 2.31. The van der Waals surface area contributed by atoms with E-state index in [1.54, 1.807) is 6.20 Å². The van der Waals surface area contributed by atoms with Crippen molar-refractivity contribution < 1.29 is 9.69 Å². The van der Waals surface area contributed by atoms with Crippen LogP contribution < -0.4 is 10.2 Å². The first kappa shape index (κ1) is 16.7. The number of hydrogen-bond donors (Lipinski definition) is 2. The van der Waals surface area contributed by atoms with Gasteiger partial charge in [0, 0.05) is 11.6 Å². The first-order chi connectivity index (χ1) is 11.6. The van der Waals surface area contributed by atoms with Gasteiger partial charge in [-0.15, -0.1) is 0 Å². The van der Waals surface area contributed by atoms with Gasteiger partial charge in [0.15, 0.2) is 6.54 Å². The Kier molecular flexibility index (Phi) is 5.30. The molecule has 0 aliphatic heterocycles. The van der Waals surface area contributed by atoms with Gasteiger partial charge in [0.25, 0.3) is 5.91 Å². The highest BCUT2D eigenvalue weighted by molar-refractivity contribution is 5.90. The van der Waals surface area contributed by atoms with E-state index in [1.165, 1.54) is 28.9 Å². The minimum Gasteiger partial charge on any atom is -0.326 e. The summed E-state index contributed by atoms with van der Waals surface area (Å²) in [6, 6.07) is 10.7. The van der Waals surface area contributed by atoms with Crippen LogP contribution in [-0.4, -0.2) is 29.3 Å². The predicted octanol–water partition coefficient (Wildman–Crippen LogP) is 1.96. The lowest BCUT2D eigenvalue weighted by Gasteiger charge is -2.17. The van der Waals surface area contributed by atoms with E-state index in [0.717, 1.165) is 25.2 Å². The van der Waals surface area contributed by atoms with Crippen LogP contribution in [0.2, 0.25) is 0 Å². The van der Waals surface area contributed by atoms with Crippen LogP contribution in [0.3, 0.4) is 0 Å². The molecule has 2 aromatic rings. The van der Waals surface area contributed by atoms with Crippen molar-refractivity contribution in [2.75, 3.05) is 18.9 Å². The summed E-state index contributed by atoms with van der Waals surface area (Å²) in [5.74, 6) is 0.872. The Labute approximate surface area is 143 Å². The zero-order valence-electron chi connectivity index (χ0n) is 14.6. The van der Waals surface area contributed by atoms with Gasteiger partial charge in [-0.2, -0.15) is 5.10 Å². The third kappa shape index (κ3) is 4.03. The molecule has 1 saturated carbocycles. The molecule has 5 nitrogen and oxygen atoms in total. The smallest absolute Gasteiger partial charge is 0.280 e. The van der Waals surface area contributed by atoms with E-state index >= 15 is 0 Å². The molecule has 0 radical (unpaired) electrons. The van der Waals surface area contributed by atoms with Gasteiger partial charge in [-0.1, -0.05) is 37.1 Å². The Balaban J connectivity index is 1.56. The summed E-state index contributed by atoms with van der Waals surface area (Å²) in [6.07, 6.45) is 6.59. The molecule has 1 aliphatic carbocycles. The molecule has 1 atom stereocenters. The number of quaternary nitrogens is 1. The van der Waals surface area contributed by atoms with Gasteiger partial charge in [0.2, 0.25) is 0 Å². The SMILES string of the molecule is Cc1ccccc1C[NH+](C)CC(=O)Nc1ccnn1C1CCCC1. The Hall–Kier alpha value is -2.14. The lowest BCUT2D eigenvalue weighted by atomic mass is 10.1. The van der Waals surface area contributed by atoms with Crippen molar-refractivity contribution in [3.05, 3.63) is 47.7 Å². The molecule has 1 unspecified atom stereocenters. The van der Waals surface area contributed by atoms with Gasteiger partial charge >= 0.3 is 0 Å². The lowest BCUT2D eigenvalue weighted by Crippen LogP contribution is -3.08. The number of carbonyl (C=O) groups excluding carboxylic acids is 1. The molecule has 24 heavy (non-hydrogen) atoms.